The smallest absolute Gasteiger partial charge is 0.329 e. The summed E-state index contributed by atoms with van der Waals surface area (Å²) in [5, 5.41) is 23.9. The van der Waals surface area contributed by atoms with Crippen molar-refractivity contribution in [3.05, 3.63) is 29.3 Å². The van der Waals surface area contributed by atoms with Gasteiger partial charge >= 0.3 is 5.97 Å². The molecule has 0 saturated heterocycles. The summed E-state index contributed by atoms with van der Waals surface area (Å²) < 4.78 is 4.86. The third kappa shape index (κ3) is 5.50. The number of aromatic nitrogens is 4. The van der Waals surface area contributed by atoms with Crippen LogP contribution in [0.3, 0.4) is 0 Å². The fourth-order valence-corrected chi connectivity index (χ4v) is 2.17. The Hall–Kier alpha value is -2.52. The molecule has 0 aliphatic heterocycles. The lowest BCUT2D eigenvalue weighted by Gasteiger charge is -2.13. The molecule has 25 heavy (non-hydrogen) atoms. The Labute approximate surface area is 148 Å². The summed E-state index contributed by atoms with van der Waals surface area (Å²) in [7, 11) is 0. The minimum absolute atomic E-state index is 0.106. The normalized spacial score (nSPS) is 11.9. The van der Waals surface area contributed by atoms with Crippen molar-refractivity contribution >= 4 is 23.5 Å². The van der Waals surface area contributed by atoms with Gasteiger partial charge in [0.05, 0.1) is 6.61 Å². The van der Waals surface area contributed by atoms with Crippen molar-refractivity contribution in [1.82, 2.24) is 25.5 Å². The highest BCUT2D eigenvalue weighted by Crippen LogP contribution is 2.18. The minimum atomic E-state index is -1.06. The first-order valence-corrected chi connectivity index (χ1v) is 8.01. The van der Waals surface area contributed by atoms with Crippen molar-refractivity contribution in [1.29, 1.82) is 0 Å². The van der Waals surface area contributed by atoms with Crippen molar-refractivity contribution in [2.45, 2.75) is 19.4 Å². The number of nitrogens with one attached hydrogen (secondary N) is 1. The molecule has 0 aliphatic carbocycles. The molecule has 134 valence electrons. The van der Waals surface area contributed by atoms with E-state index < -0.39 is 18.6 Å². The molecule has 0 saturated carbocycles. The van der Waals surface area contributed by atoms with Crippen LogP contribution in [0.15, 0.2) is 24.3 Å². The van der Waals surface area contributed by atoms with Gasteiger partial charge in [-0.3, -0.25) is 4.79 Å². The van der Waals surface area contributed by atoms with Gasteiger partial charge in [-0.2, -0.15) is 4.80 Å². The summed E-state index contributed by atoms with van der Waals surface area (Å²) >= 11 is 5.85. The van der Waals surface area contributed by atoms with Gasteiger partial charge in [-0.1, -0.05) is 18.5 Å². The van der Waals surface area contributed by atoms with Gasteiger partial charge in [0.25, 0.3) is 0 Å². The molecular formula is C15H18ClN5O4. The Bertz CT molecular complexity index is 719. The van der Waals surface area contributed by atoms with Crippen LogP contribution in [0.1, 0.15) is 19.4 Å². The lowest BCUT2D eigenvalue weighted by molar-refractivity contribution is -0.142. The maximum atomic E-state index is 12.2. The molecule has 10 heteroatoms. The zero-order valence-corrected chi connectivity index (χ0v) is 14.3. The molecule has 0 spiro atoms. The van der Waals surface area contributed by atoms with Gasteiger partial charge in [0.2, 0.25) is 11.7 Å². The zero-order chi connectivity index (χ0) is 18.2. The first-order valence-electron chi connectivity index (χ1n) is 7.64. The number of ether oxygens (including phenoxy) is 1. The van der Waals surface area contributed by atoms with Crippen LogP contribution in [0.25, 0.3) is 11.4 Å². The zero-order valence-electron chi connectivity index (χ0n) is 13.6. The largest absolute Gasteiger partial charge is 0.480 e. The number of hydrogen-bond acceptors (Lipinski definition) is 6. The van der Waals surface area contributed by atoms with E-state index in [1.54, 1.807) is 24.3 Å². The summed E-state index contributed by atoms with van der Waals surface area (Å²) in [6.45, 7) is 1.73. The van der Waals surface area contributed by atoms with E-state index in [1.165, 1.54) is 4.80 Å². The van der Waals surface area contributed by atoms with Crippen molar-refractivity contribution in [3.8, 4) is 11.4 Å². The maximum Gasteiger partial charge on any atom is 0.329 e. The van der Waals surface area contributed by atoms with E-state index in [-0.39, 0.29) is 19.1 Å². The molecule has 1 aromatic carbocycles. The second-order valence-electron chi connectivity index (χ2n) is 5.10. The van der Waals surface area contributed by atoms with Crippen LogP contribution in [0.4, 0.5) is 0 Å². The van der Waals surface area contributed by atoms with Crippen LogP contribution in [0, 0.1) is 0 Å². The Morgan fingerprint density at radius 3 is 2.72 bits per heavy atom. The third-order valence-electron chi connectivity index (χ3n) is 3.27. The number of halogens is 1. The highest BCUT2D eigenvalue weighted by atomic mass is 35.5. The predicted octanol–water partition coefficient (Wildman–Crippen LogP) is 1.16. The van der Waals surface area contributed by atoms with Crippen molar-refractivity contribution < 1.29 is 19.4 Å². The van der Waals surface area contributed by atoms with Crippen molar-refractivity contribution in [3.63, 3.8) is 0 Å². The number of tetrazole rings is 1. The van der Waals surface area contributed by atoms with Crippen LogP contribution in [0.2, 0.25) is 5.02 Å². The van der Waals surface area contributed by atoms with Crippen LogP contribution < -0.4 is 5.32 Å². The molecule has 1 amide bonds. The second kappa shape index (κ2) is 9.09. The summed E-state index contributed by atoms with van der Waals surface area (Å²) in [5.74, 6) is -0.950. The molecule has 1 unspecified atom stereocenters. The van der Waals surface area contributed by atoms with Gasteiger partial charge in [0, 0.05) is 17.1 Å². The number of carboxylic acid groups (broad SMARTS) is 1. The fraction of sp³-hybridized carbons (Fsp3) is 0.400. The molecule has 2 rings (SSSR count). The summed E-state index contributed by atoms with van der Waals surface area (Å²) in [6, 6.07) is 6.36. The van der Waals surface area contributed by atoms with E-state index in [4.69, 9.17) is 21.4 Å². The predicted molar refractivity (Wildman–Crippen MR) is 89.1 cm³/mol. The molecule has 0 bridgehead atoms. The number of nitrogens with zero attached hydrogens (tertiary/aromatic N) is 4. The van der Waals surface area contributed by atoms with Gasteiger partial charge < -0.3 is 15.2 Å². The van der Waals surface area contributed by atoms with E-state index in [9.17, 15) is 9.59 Å². The average Bonchev–Trinajstić information content (AvgIpc) is 3.05. The number of aliphatic carboxylic acids is 1. The van der Waals surface area contributed by atoms with Gasteiger partial charge in [0.15, 0.2) is 6.04 Å². The quantitative estimate of drug-likeness (QED) is 0.638. The third-order valence-corrected chi connectivity index (χ3v) is 3.52. The topological polar surface area (TPSA) is 119 Å². The Morgan fingerprint density at radius 1 is 1.36 bits per heavy atom. The van der Waals surface area contributed by atoms with Crippen molar-refractivity contribution in [2.24, 2.45) is 0 Å². The van der Waals surface area contributed by atoms with E-state index >= 15 is 0 Å². The Kier molecular flexibility index (Phi) is 6.84. The van der Waals surface area contributed by atoms with Gasteiger partial charge in [-0.25, -0.2) is 4.79 Å². The second-order valence-corrected chi connectivity index (χ2v) is 5.54. The molecular weight excluding hydrogens is 350 g/mol. The summed E-state index contributed by atoms with van der Waals surface area (Å²) in [4.78, 5) is 23.8. The SMILES string of the molecule is CCC(C(=O)NCCOCC(=O)O)n1nnc(-c2ccc(Cl)cc2)n1. The molecule has 0 aliphatic rings. The number of carbonyl (C=O) groups is 2. The molecule has 2 N–H and O–H groups in total. The summed E-state index contributed by atoms with van der Waals surface area (Å²) in [6.07, 6.45) is 0.470. The van der Waals surface area contributed by atoms with Crippen LogP contribution >= 0.6 is 11.6 Å². The number of benzene rings is 1. The molecule has 1 atom stereocenters. The number of rotatable bonds is 9. The molecule has 1 aromatic heterocycles. The van der Waals surface area contributed by atoms with Gasteiger partial charge in [-0.15, -0.1) is 10.2 Å². The molecule has 2 aromatic rings. The average molecular weight is 368 g/mol. The lowest BCUT2D eigenvalue weighted by atomic mass is 10.2. The molecule has 1 heterocycles. The van der Waals surface area contributed by atoms with E-state index in [0.717, 1.165) is 5.56 Å². The van der Waals surface area contributed by atoms with Crippen molar-refractivity contribution in [2.75, 3.05) is 19.8 Å². The number of amides is 1. The monoisotopic (exact) mass is 367 g/mol. The molecule has 9 nitrogen and oxygen atoms in total. The highest BCUT2D eigenvalue weighted by molar-refractivity contribution is 6.30. The van der Waals surface area contributed by atoms with E-state index in [2.05, 4.69) is 20.7 Å². The Morgan fingerprint density at radius 2 is 2.08 bits per heavy atom. The van der Waals surface area contributed by atoms with Crippen LogP contribution in [0.5, 0.6) is 0 Å². The van der Waals surface area contributed by atoms with E-state index in [1.807, 2.05) is 6.92 Å². The first-order chi connectivity index (χ1) is 12.0. The van der Waals surface area contributed by atoms with Crippen LogP contribution in [-0.2, 0) is 14.3 Å². The minimum Gasteiger partial charge on any atom is -0.480 e. The summed E-state index contributed by atoms with van der Waals surface area (Å²) in [5.41, 5.74) is 0.744. The first kappa shape index (κ1) is 18.8. The maximum absolute atomic E-state index is 12.2. The number of carbonyl (C=O) groups excluding carboxylic acids is 1. The number of hydrogen-bond donors (Lipinski definition) is 2. The lowest BCUT2D eigenvalue weighted by Crippen LogP contribution is -2.35. The van der Waals surface area contributed by atoms with Gasteiger partial charge in [-0.05, 0) is 35.9 Å². The number of carboxylic acids is 1. The Balaban J connectivity index is 1.94. The molecule has 0 fully saturated rings. The molecule has 0 radical (unpaired) electrons. The highest BCUT2D eigenvalue weighted by Gasteiger charge is 2.21. The van der Waals surface area contributed by atoms with Gasteiger partial charge in [0.1, 0.15) is 6.61 Å². The van der Waals surface area contributed by atoms with Crippen LogP contribution in [-0.4, -0.2) is 56.9 Å². The van der Waals surface area contributed by atoms with E-state index in [0.29, 0.717) is 17.3 Å². The standard InChI is InChI=1S/C15H18ClN5O4/c1-2-12(15(24)17-7-8-25-9-13(22)23)21-19-14(18-20-21)10-3-5-11(16)6-4-10/h3-6,12H,2,7-9H2,1H3,(H,17,24)(H,22,23). The fourth-order valence-electron chi connectivity index (χ4n) is 2.05.